The summed E-state index contributed by atoms with van der Waals surface area (Å²) in [6, 6.07) is 0. The van der Waals surface area contributed by atoms with Gasteiger partial charge in [-0.05, 0) is 52.4 Å². The van der Waals surface area contributed by atoms with Crippen molar-refractivity contribution in [3.8, 4) is 0 Å². The number of unbranched alkanes of at least 4 members (excludes halogenated alkanes) is 12. The van der Waals surface area contributed by atoms with E-state index in [1.165, 1.54) is 83.5 Å². The first kappa shape index (κ1) is 31.4. The van der Waals surface area contributed by atoms with E-state index in [-0.39, 0.29) is 18.9 Å². The fourth-order valence-corrected chi connectivity index (χ4v) is 5.02. The summed E-state index contributed by atoms with van der Waals surface area (Å²) in [5, 5.41) is 21.4. The van der Waals surface area contributed by atoms with Crippen LogP contribution in [0.1, 0.15) is 144 Å². The van der Waals surface area contributed by atoms with Crippen molar-refractivity contribution in [1.29, 1.82) is 0 Å². The molecule has 2 unspecified atom stereocenters. The van der Waals surface area contributed by atoms with Crippen molar-refractivity contribution in [3.05, 3.63) is 0 Å². The van der Waals surface area contributed by atoms with Crippen molar-refractivity contribution in [1.82, 2.24) is 5.32 Å². The quantitative estimate of drug-likeness (QED) is 0.196. The molecule has 4 nitrogen and oxygen atoms in total. The lowest BCUT2D eigenvalue weighted by atomic mass is 9.89. The molecule has 3 N–H and O–H groups in total. The molecule has 0 aromatic carbocycles. The number of carboxylic acid groups (broad SMARTS) is 1. The van der Waals surface area contributed by atoms with Crippen molar-refractivity contribution in [2.75, 3.05) is 6.61 Å². The maximum absolute atomic E-state index is 10.6. The SMILES string of the molecule is CC1CC(C)(C)NC1(C)C.CCCCCCCCCCCCCCCC(CO)CC(=O)O. The van der Waals surface area contributed by atoms with Gasteiger partial charge in [-0.1, -0.05) is 97.3 Å². The molecule has 32 heavy (non-hydrogen) atoms. The van der Waals surface area contributed by atoms with Crippen LogP contribution in [0.15, 0.2) is 0 Å². The largest absolute Gasteiger partial charge is 0.481 e. The van der Waals surface area contributed by atoms with E-state index in [0.717, 1.165) is 18.8 Å². The summed E-state index contributed by atoms with van der Waals surface area (Å²) in [6.45, 7) is 13.7. The molecule has 0 radical (unpaired) electrons. The molecule has 2 atom stereocenters. The van der Waals surface area contributed by atoms with Gasteiger partial charge in [0, 0.05) is 17.7 Å². The lowest BCUT2D eigenvalue weighted by molar-refractivity contribution is -0.138. The molecular weight excluding hydrogens is 398 g/mol. The zero-order valence-electron chi connectivity index (χ0n) is 22.5. The summed E-state index contributed by atoms with van der Waals surface area (Å²) >= 11 is 0. The summed E-state index contributed by atoms with van der Waals surface area (Å²) in [4.78, 5) is 10.6. The lowest BCUT2D eigenvalue weighted by Crippen LogP contribution is -2.44. The second-order valence-corrected chi connectivity index (χ2v) is 11.5. The summed E-state index contributed by atoms with van der Waals surface area (Å²) in [6.07, 6.45) is 19.5. The Labute approximate surface area is 200 Å². The molecular formula is C28H57NO3. The highest BCUT2D eigenvalue weighted by atomic mass is 16.4. The first-order valence-corrected chi connectivity index (χ1v) is 13.7. The minimum Gasteiger partial charge on any atom is -0.481 e. The molecule has 0 saturated carbocycles. The van der Waals surface area contributed by atoms with Gasteiger partial charge in [0.2, 0.25) is 0 Å². The molecule has 1 rings (SSSR count). The Hall–Kier alpha value is -0.610. The van der Waals surface area contributed by atoms with E-state index in [1.54, 1.807) is 0 Å². The monoisotopic (exact) mass is 455 g/mol. The molecule has 1 saturated heterocycles. The van der Waals surface area contributed by atoms with E-state index in [1.807, 2.05) is 0 Å². The van der Waals surface area contributed by atoms with Crippen LogP contribution in [0.2, 0.25) is 0 Å². The summed E-state index contributed by atoms with van der Waals surface area (Å²) in [5.74, 6) is -0.0542. The predicted octanol–water partition coefficient (Wildman–Crippen LogP) is 7.72. The van der Waals surface area contributed by atoms with Gasteiger partial charge in [-0.25, -0.2) is 0 Å². The van der Waals surface area contributed by atoms with Crippen molar-refractivity contribution < 1.29 is 15.0 Å². The molecule has 0 aromatic heterocycles. The van der Waals surface area contributed by atoms with Crippen LogP contribution >= 0.6 is 0 Å². The molecule has 0 bridgehead atoms. The highest BCUT2D eigenvalue weighted by Gasteiger charge is 2.41. The Balaban J connectivity index is 0.000000792. The van der Waals surface area contributed by atoms with Gasteiger partial charge in [0.15, 0.2) is 0 Å². The second-order valence-electron chi connectivity index (χ2n) is 11.5. The molecule has 1 aliphatic rings. The molecule has 1 heterocycles. The van der Waals surface area contributed by atoms with Crippen molar-refractivity contribution in [3.63, 3.8) is 0 Å². The van der Waals surface area contributed by atoms with E-state index in [0.29, 0.717) is 11.1 Å². The Bertz CT molecular complexity index is 462. The molecule has 192 valence electrons. The number of aliphatic hydroxyl groups excluding tert-OH is 1. The summed E-state index contributed by atoms with van der Waals surface area (Å²) in [7, 11) is 0. The molecule has 0 spiro atoms. The maximum atomic E-state index is 10.6. The third-order valence-electron chi connectivity index (χ3n) is 7.15. The first-order valence-electron chi connectivity index (χ1n) is 13.7. The molecule has 1 aliphatic heterocycles. The summed E-state index contributed by atoms with van der Waals surface area (Å²) < 4.78 is 0. The van der Waals surface area contributed by atoms with Crippen molar-refractivity contribution >= 4 is 5.97 Å². The van der Waals surface area contributed by atoms with Gasteiger partial charge in [-0.3, -0.25) is 4.79 Å². The third kappa shape index (κ3) is 16.9. The highest BCUT2D eigenvalue weighted by Crippen LogP contribution is 2.34. The van der Waals surface area contributed by atoms with Gasteiger partial charge in [0.25, 0.3) is 0 Å². The molecule has 1 fully saturated rings. The predicted molar refractivity (Wildman–Crippen MR) is 138 cm³/mol. The number of aliphatic hydroxyl groups is 1. The fraction of sp³-hybridized carbons (Fsp3) is 0.964. The summed E-state index contributed by atoms with van der Waals surface area (Å²) in [5.41, 5.74) is 0.687. The van der Waals surface area contributed by atoms with Gasteiger partial charge >= 0.3 is 5.97 Å². The Morgan fingerprint density at radius 2 is 1.31 bits per heavy atom. The average Bonchev–Trinajstić information content (AvgIpc) is 2.89. The molecule has 0 amide bonds. The zero-order valence-corrected chi connectivity index (χ0v) is 22.5. The van der Waals surface area contributed by atoms with E-state index in [2.05, 4.69) is 46.9 Å². The minimum atomic E-state index is -0.797. The van der Waals surface area contributed by atoms with Crippen LogP contribution in [-0.4, -0.2) is 33.9 Å². The molecule has 0 aromatic rings. The highest BCUT2D eigenvalue weighted by molar-refractivity contribution is 5.67. The molecule has 4 heteroatoms. The van der Waals surface area contributed by atoms with Crippen LogP contribution in [0, 0.1) is 11.8 Å². The van der Waals surface area contributed by atoms with E-state index < -0.39 is 5.97 Å². The molecule has 0 aliphatic carbocycles. The standard InChI is InChI=1S/C19H38O3.C9H19N/c1-2-3-4-5-6-7-8-9-10-11-12-13-14-15-18(17-20)16-19(21)22;1-7-6-8(2,3)10-9(7,4)5/h18,20H,2-17H2,1H3,(H,21,22);7,10H,6H2,1-5H3. The van der Waals surface area contributed by atoms with Crippen LogP contribution in [0.5, 0.6) is 0 Å². The van der Waals surface area contributed by atoms with Crippen molar-refractivity contribution in [2.24, 2.45) is 11.8 Å². The average molecular weight is 456 g/mol. The number of hydrogen-bond donors (Lipinski definition) is 3. The van der Waals surface area contributed by atoms with E-state index in [9.17, 15) is 4.79 Å². The van der Waals surface area contributed by atoms with Crippen molar-refractivity contribution in [2.45, 2.75) is 155 Å². The van der Waals surface area contributed by atoms with Crippen LogP contribution in [-0.2, 0) is 4.79 Å². The lowest BCUT2D eigenvalue weighted by Gasteiger charge is -2.26. The topological polar surface area (TPSA) is 69.6 Å². The second kappa shape index (κ2) is 17.8. The van der Waals surface area contributed by atoms with Crippen LogP contribution in [0.25, 0.3) is 0 Å². The Kier molecular flexibility index (Phi) is 17.5. The van der Waals surface area contributed by atoms with E-state index >= 15 is 0 Å². The Morgan fingerprint density at radius 1 is 0.875 bits per heavy atom. The van der Waals surface area contributed by atoms with Crippen LogP contribution in [0.3, 0.4) is 0 Å². The maximum Gasteiger partial charge on any atom is 0.303 e. The smallest absolute Gasteiger partial charge is 0.303 e. The number of carboxylic acids is 1. The number of hydrogen-bond acceptors (Lipinski definition) is 3. The Morgan fingerprint density at radius 3 is 1.59 bits per heavy atom. The number of nitrogens with one attached hydrogen (secondary N) is 1. The van der Waals surface area contributed by atoms with Gasteiger partial charge in [0.05, 0.1) is 6.42 Å². The first-order chi connectivity index (χ1) is 15.0. The number of rotatable bonds is 17. The van der Waals surface area contributed by atoms with Crippen LogP contribution < -0.4 is 5.32 Å². The van der Waals surface area contributed by atoms with E-state index in [4.69, 9.17) is 10.2 Å². The normalized spacial score (nSPS) is 19.9. The fourth-order valence-electron chi connectivity index (χ4n) is 5.02. The van der Waals surface area contributed by atoms with Gasteiger partial charge < -0.3 is 15.5 Å². The van der Waals surface area contributed by atoms with Gasteiger partial charge in [-0.15, -0.1) is 0 Å². The van der Waals surface area contributed by atoms with Gasteiger partial charge in [0.1, 0.15) is 0 Å². The minimum absolute atomic E-state index is 0.00452. The van der Waals surface area contributed by atoms with Crippen LogP contribution in [0.4, 0.5) is 0 Å². The number of aliphatic carboxylic acids is 1. The third-order valence-corrected chi connectivity index (χ3v) is 7.15. The number of carbonyl (C=O) groups is 1. The zero-order chi connectivity index (χ0) is 24.5. The van der Waals surface area contributed by atoms with Gasteiger partial charge in [-0.2, -0.15) is 0 Å².